The minimum atomic E-state index is -1.10. The number of carboxylic acids is 1. The Morgan fingerprint density at radius 2 is 1.73 bits per heavy atom. The number of imidazole rings is 1. The van der Waals surface area contributed by atoms with E-state index in [4.69, 9.17) is 0 Å². The van der Waals surface area contributed by atoms with Crippen molar-refractivity contribution in [1.82, 2.24) is 24.3 Å². The van der Waals surface area contributed by atoms with Crippen LogP contribution >= 0.6 is 0 Å². The quantitative estimate of drug-likeness (QED) is 0.396. The fourth-order valence-corrected chi connectivity index (χ4v) is 5.90. The van der Waals surface area contributed by atoms with Gasteiger partial charge in [0, 0.05) is 64.0 Å². The van der Waals surface area contributed by atoms with E-state index in [1.165, 1.54) is 24.6 Å². The highest BCUT2D eigenvalue weighted by atomic mass is 16.4. The molecule has 2 aliphatic rings. The molecule has 0 bridgehead atoms. The van der Waals surface area contributed by atoms with E-state index in [0.717, 1.165) is 57.5 Å². The van der Waals surface area contributed by atoms with Crippen LogP contribution in [0.3, 0.4) is 0 Å². The van der Waals surface area contributed by atoms with Crippen LogP contribution in [0.5, 0.6) is 0 Å². The largest absolute Gasteiger partial charge is 0.478 e. The van der Waals surface area contributed by atoms with Crippen LogP contribution in [0.25, 0.3) is 11.4 Å². The molecule has 0 unspecified atom stereocenters. The van der Waals surface area contributed by atoms with E-state index in [1.807, 2.05) is 27.7 Å². The highest BCUT2D eigenvalue weighted by Gasteiger charge is 2.32. The Hall–Kier alpha value is -3.82. The number of carbonyl (C=O) groups excluding carboxylic acids is 2. The summed E-state index contributed by atoms with van der Waals surface area (Å²) in [4.78, 5) is 49.9. The number of Topliss-reactive ketones (excluding diaryl/α,β-unsaturated/α-hetero) is 1. The Bertz CT molecular complexity index is 1440. The second kappa shape index (κ2) is 12.4. The van der Waals surface area contributed by atoms with Gasteiger partial charge in [0.1, 0.15) is 11.5 Å². The average Bonchev–Trinajstić information content (AvgIpc) is 3.41. The van der Waals surface area contributed by atoms with Gasteiger partial charge in [-0.3, -0.25) is 9.59 Å². The number of carboxylic acid groups (broad SMARTS) is 1. The van der Waals surface area contributed by atoms with Gasteiger partial charge in [-0.25, -0.2) is 9.78 Å². The number of carbonyl (C=O) groups is 3. The fourth-order valence-electron chi connectivity index (χ4n) is 5.90. The first-order chi connectivity index (χ1) is 19.7. The number of fused-ring (bicyclic) bond motifs is 1. The lowest BCUT2D eigenvalue weighted by molar-refractivity contribution is 0.0635. The Balaban J connectivity index is 1.49. The minimum absolute atomic E-state index is 0.00477. The first-order valence-electron chi connectivity index (χ1n) is 14.5. The van der Waals surface area contributed by atoms with Gasteiger partial charge >= 0.3 is 5.97 Å². The summed E-state index contributed by atoms with van der Waals surface area (Å²) < 4.78 is 1.95. The number of aromatic nitrogens is 2. The SMILES string of the molecule is CC[C@@H]1Cc2ccccc2CN1C(=O)c1cc(C(=O)O)ccc1-c1nc(C(C)=O)cn1CCCN1CCN(C)CC1. The van der Waals surface area contributed by atoms with Crippen LogP contribution in [0.15, 0.2) is 48.7 Å². The maximum Gasteiger partial charge on any atom is 0.335 e. The molecule has 41 heavy (non-hydrogen) atoms. The van der Waals surface area contributed by atoms with Gasteiger partial charge in [-0.2, -0.15) is 0 Å². The Labute approximate surface area is 241 Å². The van der Waals surface area contributed by atoms with Gasteiger partial charge in [0.05, 0.1) is 11.1 Å². The summed E-state index contributed by atoms with van der Waals surface area (Å²) >= 11 is 0. The molecule has 1 aromatic heterocycles. The molecule has 0 spiro atoms. The van der Waals surface area contributed by atoms with Gasteiger partial charge in [0.25, 0.3) is 5.91 Å². The predicted molar refractivity (Wildman–Crippen MR) is 157 cm³/mol. The molecule has 5 rings (SSSR count). The van der Waals surface area contributed by atoms with Gasteiger partial charge < -0.3 is 24.4 Å². The van der Waals surface area contributed by atoms with Crippen molar-refractivity contribution in [2.75, 3.05) is 39.8 Å². The van der Waals surface area contributed by atoms with Crippen molar-refractivity contribution >= 4 is 17.7 Å². The molecule has 3 heterocycles. The Kier molecular flexibility index (Phi) is 8.65. The smallest absolute Gasteiger partial charge is 0.335 e. The second-order valence-corrected chi connectivity index (χ2v) is 11.2. The molecule has 1 N–H and O–H groups in total. The molecule has 0 saturated carbocycles. The monoisotopic (exact) mass is 557 g/mol. The zero-order chi connectivity index (χ0) is 29.1. The molecule has 216 valence electrons. The number of ketones is 1. The number of likely N-dealkylation sites (N-methyl/N-ethyl adjacent to an activating group) is 1. The zero-order valence-electron chi connectivity index (χ0n) is 24.2. The Morgan fingerprint density at radius 1 is 1.00 bits per heavy atom. The molecular weight excluding hydrogens is 518 g/mol. The highest BCUT2D eigenvalue weighted by Crippen LogP contribution is 2.31. The highest BCUT2D eigenvalue weighted by molar-refractivity contribution is 6.03. The van der Waals surface area contributed by atoms with Crippen LogP contribution in [0.4, 0.5) is 0 Å². The van der Waals surface area contributed by atoms with E-state index in [2.05, 4.69) is 34.8 Å². The first kappa shape index (κ1) is 28.7. The molecule has 0 aliphatic carbocycles. The number of aromatic carboxylic acids is 1. The number of rotatable bonds is 9. The van der Waals surface area contributed by atoms with E-state index in [1.54, 1.807) is 12.3 Å². The third-order valence-electron chi connectivity index (χ3n) is 8.43. The molecule has 2 aliphatic heterocycles. The van der Waals surface area contributed by atoms with Crippen molar-refractivity contribution in [3.63, 3.8) is 0 Å². The number of hydrogen-bond donors (Lipinski definition) is 1. The lowest BCUT2D eigenvalue weighted by atomic mass is 9.91. The minimum Gasteiger partial charge on any atom is -0.478 e. The lowest BCUT2D eigenvalue weighted by Gasteiger charge is -2.37. The van der Waals surface area contributed by atoms with Crippen LogP contribution in [0.1, 0.15) is 69.0 Å². The van der Waals surface area contributed by atoms with E-state index in [-0.39, 0.29) is 23.3 Å². The number of nitrogens with zero attached hydrogens (tertiary/aromatic N) is 5. The number of piperazine rings is 1. The third-order valence-corrected chi connectivity index (χ3v) is 8.43. The summed E-state index contributed by atoms with van der Waals surface area (Å²) in [6.45, 7) is 9.72. The molecule has 9 nitrogen and oxygen atoms in total. The standard InChI is InChI=1S/C32H39N5O4/c1-4-26-18-23-8-5-6-9-25(23)20-37(26)31(39)28-19-24(32(40)41)10-11-27(28)30-33-29(22(2)38)21-36(30)13-7-12-35-16-14-34(3)15-17-35/h5-6,8-11,19,21,26H,4,7,12-18,20H2,1-3H3,(H,40,41)/t26-/m1/s1. The number of aryl methyl sites for hydroxylation is 1. The van der Waals surface area contributed by atoms with Gasteiger partial charge in [-0.05, 0) is 62.2 Å². The lowest BCUT2D eigenvalue weighted by Crippen LogP contribution is -2.44. The molecule has 1 atom stereocenters. The Morgan fingerprint density at radius 3 is 2.41 bits per heavy atom. The molecule has 3 aromatic rings. The molecule has 2 aromatic carbocycles. The van der Waals surface area contributed by atoms with Crippen LogP contribution in [-0.2, 0) is 19.5 Å². The second-order valence-electron chi connectivity index (χ2n) is 11.2. The van der Waals surface area contributed by atoms with Crippen molar-refractivity contribution in [2.24, 2.45) is 0 Å². The zero-order valence-corrected chi connectivity index (χ0v) is 24.2. The summed E-state index contributed by atoms with van der Waals surface area (Å²) in [5.74, 6) is -0.959. The van der Waals surface area contributed by atoms with Crippen molar-refractivity contribution in [3.8, 4) is 11.4 Å². The maximum absolute atomic E-state index is 14.3. The summed E-state index contributed by atoms with van der Waals surface area (Å²) in [5.41, 5.74) is 3.56. The fraction of sp³-hybridized carbons (Fsp3) is 0.438. The number of benzene rings is 2. The van der Waals surface area contributed by atoms with Crippen molar-refractivity contribution in [1.29, 1.82) is 0 Å². The van der Waals surface area contributed by atoms with Gasteiger partial charge in [-0.15, -0.1) is 0 Å². The van der Waals surface area contributed by atoms with Gasteiger partial charge in [-0.1, -0.05) is 31.2 Å². The van der Waals surface area contributed by atoms with Crippen LogP contribution in [0.2, 0.25) is 0 Å². The van der Waals surface area contributed by atoms with Crippen molar-refractivity contribution in [3.05, 3.63) is 76.6 Å². The summed E-state index contributed by atoms with van der Waals surface area (Å²) in [7, 11) is 2.14. The van der Waals surface area contributed by atoms with Crippen LogP contribution in [0, 0.1) is 0 Å². The van der Waals surface area contributed by atoms with E-state index in [9.17, 15) is 19.5 Å². The van der Waals surface area contributed by atoms with E-state index >= 15 is 0 Å². The molecule has 9 heteroatoms. The van der Waals surface area contributed by atoms with E-state index < -0.39 is 5.97 Å². The number of hydrogen-bond acceptors (Lipinski definition) is 6. The topological polar surface area (TPSA) is 99.0 Å². The third kappa shape index (κ3) is 6.26. The van der Waals surface area contributed by atoms with Crippen molar-refractivity contribution < 1.29 is 19.5 Å². The van der Waals surface area contributed by atoms with Crippen LogP contribution in [-0.4, -0.2) is 92.8 Å². The summed E-state index contributed by atoms with van der Waals surface area (Å²) in [5, 5.41) is 9.78. The van der Waals surface area contributed by atoms with Gasteiger partial charge in [0.15, 0.2) is 5.78 Å². The summed E-state index contributed by atoms with van der Waals surface area (Å²) in [6, 6.07) is 12.8. The van der Waals surface area contributed by atoms with Crippen LogP contribution < -0.4 is 0 Å². The van der Waals surface area contributed by atoms with E-state index in [0.29, 0.717) is 35.7 Å². The van der Waals surface area contributed by atoms with Crippen molar-refractivity contribution in [2.45, 2.75) is 52.2 Å². The molecule has 1 fully saturated rings. The van der Waals surface area contributed by atoms with Gasteiger partial charge in [0.2, 0.25) is 0 Å². The maximum atomic E-state index is 14.3. The summed E-state index contributed by atoms with van der Waals surface area (Å²) in [6.07, 6.45) is 4.15. The molecule has 1 saturated heterocycles. The molecule has 1 amide bonds. The molecular formula is C32H39N5O4. The number of amides is 1. The average molecular weight is 558 g/mol. The first-order valence-corrected chi connectivity index (χ1v) is 14.5. The molecule has 0 radical (unpaired) electrons. The normalized spacial score (nSPS) is 17.8. The predicted octanol–water partition coefficient (Wildman–Crippen LogP) is 4.07.